The summed E-state index contributed by atoms with van der Waals surface area (Å²) >= 11 is 0. The monoisotopic (exact) mass is 354 g/mol. The van der Waals surface area contributed by atoms with Crippen molar-refractivity contribution < 1.29 is 19.2 Å². The van der Waals surface area contributed by atoms with E-state index in [4.69, 9.17) is 0 Å². The smallest absolute Gasteiger partial charge is 0.253 e. The van der Waals surface area contributed by atoms with E-state index in [0.29, 0.717) is 48.6 Å². The zero-order valence-electron chi connectivity index (χ0n) is 14.5. The van der Waals surface area contributed by atoms with Gasteiger partial charge in [-0.05, 0) is 61.2 Å². The molecule has 0 saturated heterocycles. The summed E-state index contributed by atoms with van der Waals surface area (Å²) in [5.74, 6) is 2.59. The van der Waals surface area contributed by atoms with Crippen LogP contribution < -0.4 is 0 Å². The molecule has 2 aliphatic heterocycles. The maximum atomic E-state index is 11.9. The first kappa shape index (κ1) is 16.0. The van der Waals surface area contributed by atoms with Crippen LogP contribution in [0.4, 0.5) is 0 Å². The quantitative estimate of drug-likeness (QED) is 0.710. The van der Waals surface area contributed by atoms with Gasteiger partial charge in [0.25, 0.3) is 23.6 Å². The third-order valence-electron chi connectivity index (χ3n) is 7.36. The molecular formula is C20H22N2O4. The molecular weight excluding hydrogens is 332 g/mol. The highest BCUT2D eigenvalue weighted by molar-refractivity contribution is 6.13. The molecule has 0 aromatic rings. The average Bonchev–Trinajstić information content (AvgIpc) is 3.38. The fourth-order valence-electron chi connectivity index (χ4n) is 6.40. The normalized spacial score (nSPS) is 40.6. The molecule has 2 bridgehead atoms. The van der Waals surface area contributed by atoms with E-state index in [2.05, 4.69) is 0 Å². The maximum absolute atomic E-state index is 11.9. The second-order valence-corrected chi connectivity index (χ2v) is 8.56. The van der Waals surface area contributed by atoms with E-state index in [0.717, 1.165) is 19.3 Å². The molecule has 6 heteroatoms. The van der Waals surface area contributed by atoms with Crippen LogP contribution in [-0.2, 0) is 19.2 Å². The second kappa shape index (κ2) is 5.63. The van der Waals surface area contributed by atoms with Crippen LogP contribution in [0, 0.1) is 35.5 Å². The van der Waals surface area contributed by atoms with E-state index < -0.39 is 0 Å². The molecule has 26 heavy (non-hydrogen) atoms. The van der Waals surface area contributed by atoms with Gasteiger partial charge in [0.1, 0.15) is 0 Å². The van der Waals surface area contributed by atoms with Crippen molar-refractivity contribution in [1.29, 1.82) is 0 Å². The fraction of sp³-hybridized carbons (Fsp3) is 0.600. The Morgan fingerprint density at radius 2 is 1.19 bits per heavy atom. The number of amides is 4. The highest BCUT2D eigenvalue weighted by Gasteiger charge is 2.56. The zero-order chi connectivity index (χ0) is 18.0. The van der Waals surface area contributed by atoms with Crippen LogP contribution in [0.3, 0.4) is 0 Å². The Bertz CT molecular complexity index is 734. The summed E-state index contributed by atoms with van der Waals surface area (Å²) in [4.78, 5) is 50.1. The summed E-state index contributed by atoms with van der Waals surface area (Å²) in [5.41, 5.74) is 0. The van der Waals surface area contributed by atoms with E-state index >= 15 is 0 Å². The molecule has 5 rings (SSSR count). The average molecular weight is 354 g/mol. The van der Waals surface area contributed by atoms with Crippen molar-refractivity contribution in [3.63, 3.8) is 0 Å². The lowest BCUT2D eigenvalue weighted by Crippen LogP contribution is -2.38. The predicted molar refractivity (Wildman–Crippen MR) is 91.1 cm³/mol. The molecule has 6 unspecified atom stereocenters. The van der Waals surface area contributed by atoms with Gasteiger partial charge in [0.05, 0.1) is 0 Å². The van der Waals surface area contributed by atoms with E-state index in [1.807, 2.05) is 0 Å². The van der Waals surface area contributed by atoms with Crippen molar-refractivity contribution in [3.8, 4) is 0 Å². The number of fused-ring (bicyclic) bond motifs is 5. The van der Waals surface area contributed by atoms with E-state index in [9.17, 15) is 19.2 Å². The highest BCUT2D eigenvalue weighted by Crippen LogP contribution is 2.62. The number of nitrogens with zero attached hydrogens (tertiary/aromatic N) is 2. The zero-order valence-corrected chi connectivity index (χ0v) is 14.5. The summed E-state index contributed by atoms with van der Waals surface area (Å²) in [6.45, 7) is 1.08. The molecule has 0 N–H and O–H groups in total. The minimum absolute atomic E-state index is 0.183. The molecule has 0 spiro atoms. The van der Waals surface area contributed by atoms with Crippen molar-refractivity contribution in [2.45, 2.75) is 25.7 Å². The SMILES string of the molecule is O=C1C=CC(=O)N1CC1CC2C3CC(CN4C(=O)C=CC4=O)C(C3)C2C1. The van der Waals surface area contributed by atoms with Crippen LogP contribution in [0.5, 0.6) is 0 Å². The Balaban J connectivity index is 1.23. The Morgan fingerprint density at radius 3 is 1.81 bits per heavy atom. The molecule has 3 fully saturated rings. The number of rotatable bonds is 4. The minimum Gasteiger partial charge on any atom is -0.275 e. The predicted octanol–water partition coefficient (Wildman–Crippen LogP) is 1.13. The first-order valence-corrected chi connectivity index (χ1v) is 9.58. The van der Waals surface area contributed by atoms with E-state index in [1.165, 1.54) is 40.5 Å². The lowest BCUT2D eigenvalue weighted by molar-refractivity contribution is -0.139. The Hall–Kier alpha value is -2.24. The molecule has 136 valence electrons. The van der Waals surface area contributed by atoms with Crippen molar-refractivity contribution >= 4 is 23.6 Å². The van der Waals surface area contributed by atoms with Gasteiger partial charge in [-0.15, -0.1) is 0 Å². The number of hydrogen-bond acceptors (Lipinski definition) is 4. The van der Waals surface area contributed by atoms with Gasteiger partial charge in [0, 0.05) is 37.4 Å². The standard InChI is InChI=1S/C20H22N2O4/c23-17-1-2-18(24)21(17)9-11-5-14-12-7-13(15(8-12)16(14)6-11)10-22-19(25)3-4-20(22)26/h1-4,11-16H,5-10H2. The molecule has 6 atom stereocenters. The molecule has 3 saturated carbocycles. The van der Waals surface area contributed by atoms with Crippen LogP contribution >= 0.6 is 0 Å². The molecule has 2 heterocycles. The Kier molecular flexibility index (Phi) is 3.46. The lowest BCUT2D eigenvalue weighted by Gasteiger charge is -2.33. The first-order valence-electron chi connectivity index (χ1n) is 9.58. The fourth-order valence-corrected chi connectivity index (χ4v) is 6.40. The molecule has 4 amide bonds. The van der Waals surface area contributed by atoms with Crippen LogP contribution in [0.2, 0.25) is 0 Å². The van der Waals surface area contributed by atoms with Gasteiger partial charge in [0.15, 0.2) is 0 Å². The number of imide groups is 2. The number of carbonyl (C=O) groups is 4. The van der Waals surface area contributed by atoms with Gasteiger partial charge in [-0.25, -0.2) is 0 Å². The highest BCUT2D eigenvalue weighted by atomic mass is 16.2. The van der Waals surface area contributed by atoms with Crippen molar-refractivity contribution in [3.05, 3.63) is 24.3 Å². The van der Waals surface area contributed by atoms with Crippen LogP contribution in [0.15, 0.2) is 24.3 Å². The summed E-state index contributed by atoms with van der Waals surface area (Å²) < 4.78 is 0. The van der Waals surface area contributed by atoms with Crippen LogP contribution in [0.25, 0.3) is 0 Å². The minimum atomic E-state index is -0.188. The second-order valence-electron chi connectivity index (χ2n) is 8.56. The first-order chi connectivity index (χ1) is 12.5. The molecule has 0 radical (unpaired) electrons. The number of carbonyl (C=O) groups excluding carboxylic acids is 4. The Morgan fingerprint density at radius 1 is 0.654 bits per heavy atom. The van der Waals surface area contributed by atoms with Crippen LogP contribution in [-0.4, -0.2) is 46.5 Å². The van der Waals surface area contributed by atoms with Gasteiger partial charge in [-0.3, -0.25) is 29.0 Å². The third-order valence-corrected chi connectivity index (χ3v) is 7.36. The van der Waals surface area contributed by atoms with E-state index in [-0.39, 0.29) is 23.6 Å². The van der Waals surface area contributed by atoms with Crippen molar-refractivity contribution in [2.24, 2.45) is 35.5 Å². The maximum Gasteiger partial charge on any atom is 0.253 e. The lowest BCUT2D eigenvalue weighted by atomic mass is 9.75. The number of hydrogen-bond donors (Lipinski definition) is 0. The summed E-state index contributed by atoms with van der Waals surface area (Å²) in [5, 5.41) is 0. The van der Waals surface area contributed by atoms with Gasteiger partial charge < -0.3 is 0 Å². The van der Waals surface area contributed by atoms with Gasteiger partial charge >= 0.3 is 0 Å². The van der Waals surface area contributed by atoms with Crippen molar-refractivity contribution in [2.75, 3.05) is 13.1 Å². The van der Waals surface area contributed by atoms with Crippen molar-refractivity contribution in [1.82, 2.24) is 9.80 Å². The molecule has 6 nitrogen and oxygen atoms in total. The van der Waals surface area contributed by atoms with Gasteiger partial charge in [0.2, 0.25) is 0 Å². The summed E-state index contributed by atoms with van der Waals surface area (Å²) in [6.07, 6.45) is 9.90. The largest absolute Gasteiger partial charge is 0.275 e. The molecule has 5 aliphatic rings. The summed E-state index contributed by atoms with van der Waals surface area (Å²) in [7, 11) is 0. The third kappa shape index (κ3) is 2.31. The van der Waals surface area contributed by atoms with Gasteiger partial charge in [-0.2, -0.15) is 0 Å². The van der Waals surface area contributed by atoms with Gasteiger partial charge in [-0.1, -0.05) is 0 Å². The van der Waals surface area contributed by atoms with Crippen LogP contribution in [0.1, 0.15) is 25.7 Å². The molecule has 0 aromatic heterocycles. The van der Waals surface area contributed by atoms with E-state index in [1.54, 1.807) is 0 Å². The summed E-state index contributed by atoms with van der Waals surface area (Å²) in [6, 6.07) is 0. The topological polar surface area (TPSA) is 74.8 Å². The molecule has 3 aliphatic carbocycles. The Labute approximate surface area is 151 Å². The molecule has 0 aromatic carbocycles.